The van der Waals surface area contributed by atoms with E-state index in [1.807, 2.05) is 12.1 Å². The molecular weight excluding hydrogens is 416 g/mol. The van der Waals surface area contributed by atoms with Crippen molar-refractivity contribution in [2.75, 3.05) is 0 Å². The monoisotopic (exact) mass is 457 g/mol. The molecule has 2 N–H and O–H groups in total. The Bertz CT molecular complexity index is 831. The van der Waals surface area contributed by atoms with E-state index in [0.29, 0.717) is 31.1 Å². The van der Waals surface area contributed by atoms with E-state index in [1.165, 1.54) is 18.6 Å². The molecule has 1 heterocycles. The number of nitrogens with two attached hydrogens (primary N) is 1. The molecular formula is C27H41BFNO3. The Morgan fingerprint density at radius 3 is 2.58 bits per heavy atom. The lowest BCUT2D eigenvalue weighted by Gasteiger charge is -2.64. The van der Waals surface area contributed by atoms with Crippen LogP contribution in [0, 0.1) is 23.1 Å². The summed E-state index contributed by atoms with van der Waals surface area (Å²) in [5, 5.41) is 0. The second-order valence-corrected chi connectivity index (χ2v) is 11.5. The lowest BCUT2D eigenvalue weighted by molar-refractivity contribution is -0.199. The van der Waals surface area contributed by atoms with Gasteiger partial charge in [-0.1, -0.05) is 52.2 Å². The van der Waals surface area contributed by atoms with Crippen LogP contribution >= 0.6 is 0 Å². The first kappa shape index (κ1) is 24.9. The highest BCUT2D eigenvalue weighted by Crippen LogP contribution is 2.66. The number of benzene rings is 1. The third-order valence-electron chi connectivity index (χ3n) is 9.06. The van der Waals surface area contributed by atoms with Gasteiger partial charge in [0, 0.05) is 6.42 Å². The topological polar surface area (TPSA) is 61.6 Å². The molecule has 1 aromatic rings. The standard InChI is InChI=1S/C27H41BFNO3/c1-5-6-7-8-22(30)23(31)14-11-20(15-18-9-12-21(29)13-10-18)28-32-25-17-19-16-24(26(19,2)3)27(25,4)33-28/h9-10,12-13,19-20,22,24-25H,5-8,11,14-17,30H2,1-4H3/t19?,20-,22-,24?,25?,27+/m0/s1. The Kier molecular flexibility index (Phi) is 7.38. The molecule has 0 radical (unpaired) electrons. The molecule has 1 aliphatic heterocycles. The van der Waals surface area contributed by atoms with E-state index in [0.717, 1.165) is 37.7 Å². The third kappa shape index (κ3) is 4.94. The van der Waals surface area contributed by atoms with Crippen molar-refractivity contribution in [3.63, 3.8) is 0 Å². The van der Waals surface area contributed by atoms with Crippen molar-refractivity contribution in [3.8, 4) is 0 Å². The molecule has 6 heteroatoms. The summed E-state index contributed by atoms with van der Waals surface area (Å²) in [5.41, 5.74) is 7.24. The number of hydrogen-bond donors (Lipinski definition) is 1. The number of Topliss-reactive ketones (excluding diaryl/α,β-unsaturated/α-hetero) is 1. The minimum Gasteiger partial charge on any atom is -0.405 e. The molecule has 33 heavy (non-hydrogen) atoms. The van der Waals surface area contributed by atoms with Crippen molar-refractivity contribution in [3.05, 3.63) is 35.6 Å². The van der Waals surface area contributed by atoms with Crippen LogP contribution in [0.25, 0.3) is 0 Å². The second-order valence-electron chi connectivity index (χ2n) is 11.5. The normalized spacial score (nSPS) is 31.6. The molecule has 2 bridgehead atoms. The van der Waals surface area contributed by atoms with Crippen molar-refractivity contribution < 1.29 is 18.5 Å². The Morgan fingerprint density at radius 2 is 1.91 bits per heavy atom. The maximum absolute atomic E-state index is 13.5. The summed E-state index contributed by atoms with van der Waals surface area (Å²) >= 11 is 0. The molecule has 1 aromatic carbocycles. The first-order chi connectivity index (χ1) is 15.6. The van der Waals surface area contributed by atoms with Gasteiger partial charge in [-0.05, 0) is 79.8 Å². The van der Waals surface area contributed by atoms with Crippen LogP contribution in [0.3, 0.4) is 0 Å². The fourth-order valence-corrected chi connectivity index (χ4v) is 6.65. The predicted molar refractivity (Wildman–Crippen MR) is 130 cm³/mol. The fourth-order valence-electron chi connectivity index (χ4n) is 6.65. The minimum absolute atomic E-state index is 0.0324. The highest BCUT2D eigenvalue weighted by Gasteiger charge is 2.68. The molecule has 3 unspecified atom stereocenters. The van der Waals surface area contributed by atoms with Crippen molar-refractivity contribution >= 4 is 12.9 Å². The van der Waals surface area contributed by atoms with Gasteiger partial charge in [0.2, 0.25) is 0 Å². The first-order valence-electron chi connectivity index (χ1n) is 13.0. The van der Waals surface area contributed by atoms with Gasteiger partial charge >= 0.3 is 7.12 Å². The second kappa shape index (κ2) is 9.79. The van der Waals surface area contributed by atoms with E-state index in [1.54, 1.807) is 0 Å². The number of hydrogen-bond acceptors (Lipinski definition) is 4. The van der Waals surface area contributed by atoms with Crippen LogP contribution in [-0.4, -0.2) is 30.6 Å². The van der Waals surface area contributed by atoms with Crippen LogP contribution in [0.1, 0.15) is 84.6 Å². The van der Waals surface area contributed by atoms with Gasteiger partial charge in [-0.2, -0.15) is 0 Å². The average molecular weight is 457 g/mol. The van der Waals surface area contributed by atoms with Crippen molar-refractivity contribution in [1.29, 1.82) is 0 Å². The largest absolute Gasteiger partial charge is 0.461 e. The molecule has 182 valence electrons. The zero-order chi connectivity index (χ0) is 23.8. The number of halogens is 1. The van der Waals surface area contributed by atoms with E-state index in [9.17, 15) is 9.18 Å². The van der Waals surface area contributed by atoms with Gasteiger partial charge in [-0.25, -0.2) is 4.39 Å². The summed E-state index contributed by atoms with van der Waals surface area (Å²) in [6.07, 6.45) is 8.14. The molecule has 3 saturated carbocycles. The lowest BCUT2D eigenvalue weighted by atomic mass is 9.43. The summed E-state index contributed by atoms with van der Waals surface area (Å²) in [5.74, 6) is 1.11. The van der Waals surface area contributed by atoms with Crippen LogP contribution in [-0.2, 0) is 20.5 Å². The predicted octanol–water partition coefficient (Wildman–Crippen LogP) is 5.72. The molecule has 0 spiro atoms. The quantitative estimate of drug-likeness (QED) is 0.341. The average Bonchev–Trinajstić information content (AvgIpc) is 3.14. The Balaban J connectivity index is 1.44. The Labute approximate surface area is 199 Å². The van der Waals surface area contributed by atoms with E-state index in [-0.39, 0.29) is 47.7 Å². The van der Waals surface area contributed by atoms with E-state index in [2.05, 4.69) is 27.7 Å². The number of ketones is 1. The van der Waals surface area contributed by atoms with Crippen LogP contribution in [0.4, 0.5) is 4.39 Å². The summed E-state index contributed by atoms with van der Waals surface area (Å²) in [7, 11) is -0.343. The molecule has 0 amide bonds. The SMILES string of the molecule is CCCCC[C@H](N)C(=O)CC[C@@H](Cc1ccc(F)cc1)B1OC2CC3CC(C3(C)C)[C@@]2(C)O1. The van der Waals surface area contributed by atoms with Gasteiger partial charge in [-0.15, -0.1) is 0 Å². The minimum atomic E-state index is -0.387. The van der Waals surface area contributed by atoms with Gasteiger partial charge in [0.25, 0.3) is 0 Å². The summed E-state index contributed by atoms with van der Waals surface area (Å²) in [6.45, 7) is 9.10. The number of carbonyl (C=O) groups is 1. The number of rotatable bonds is 11. The molecule has 4 aliphatic rings. The summed E-state index contributed by atoms with van der Waals surface area (Å²) in [4.78, 5) is 12.8. The molecule has 4 fully saturated rings. The van der Waals surface area contributed by atoms with E-state index >= 15 is 0 Å². The summed E-state index contributed by atoms with van der Waals surface area (Å²) < 4.78 is 26.7. The molecule has 1 saturated heterocycles. The molecule has 6 atom stereocenters. The Morgan fingerprint density at radius 1 is 1.18 bits per heavy atom. The Hall–Kier alpha value is -1.24. The molecule has 0 aromatic heterocycles. The van der Waals surface area contributed by atoms with Gasteiger partial charge in [0.15, 0.2) is 0 Å². The van der Waals surface area contributed by atoms with Gasteiger partial charge < -0.3 is 15.0 Å². The molecule has 4 nitrogen and oxygen atoms in total. The third-order valence-corrected chi connectivity index (χ3v) is 9.06. The van der Waals surface area contributed by atoms with Crippen LogP contribution in [0.5, 0.6) is 0 Å². The smallest absolute Gasteiger partial charge is 0.405 e. The van der Waals surface area contributed by atoms with Crippen molar-refractivity contribution in [2.24, 2.45) is 23.0 Å². The summed E-state index contributed by atoms with van der Waals surface area (Å²) in [6, 6.07) is 6.25. The van der Waals surface area contributed by atoms with E-state index in [4.69, 9.17) is 15.0 Å². The molecule has 5 rings (SSSR count). The van der Waals surface area contributed by atoms with Crippen molar-refractivity contribution in [1.82, 2.24) is 0 Å². The van der Waals surface area contributed by atoms with Gasteiger partial charge in [-0.3, -0.25) is 4.79 Å². The maximum Gasteiger partial charge on any atom is 0.461 e. The zero-order valence-electron chi connectivity index (χ0n) is 20.8. The molecule has 3 aliphatic carbocycles. The first-order valence-corrected chi connectivity index (χ1v) is 13.0. The fraction of sp³-hybridized carbons (Fsp3) is 0.741. The van der Waals surface area contributed by atoms with Gasteiger partial charge in [0.1, 0.15) is 11.6 Å². The highest BCUT2D eigenvalue weighted by molar-refractivity contribution is 6.47. The lowest BCUT2D eigenvalue weighted by Crippen LogP contribution is -2.65. The van der Waals surface area contributed by atoms with E-state index < -0.39 is 0 Å². The van der Waals surface area contributed by atoms with Crippen LogP contribution in [0.15, 0.2) is 24.3 Å². The highest BCUT2D eigenvalue weighted by atomic mass is 19.1. The zero-order valence-corrected chi connectivity index (χ0v) is 20.8. The number of unbranched alkanes of at least 4 members (excludes halogenated alkanes) is 2. The van der Waals surface area contributed by atoms with Crippen LogP contribution < -0.4 is 5.73 Å². The van der Waals surface area contributed by atoms with Crippen molar-refractivity contribution in [2.45, 2.75) is 109 Å². The number of carbonyl (C=O) groups excluding carboxylic acids is 1. The maximum atomic E-state index is 13.5. The van der Waals surface area contributed by atoms with Gasteiger partial charge in [0.05, 0.1) is 17.7 Å². The van der Waals surface area contributed by atoms with Crippen LogP contribution in [0.2, 0.25) is 5.82 Å².